The molecule has 0 radical (unpaired) electrons. The van der Waals surface area contributed by atoms with E-state index in [9.17, 15) is 19.2 Å². The van der Waals surface area contributed by atoms with Crippen LogP contribution >= 0.6 is 0 Å². The zero-order valence-electron chi connectivity index (χ0n) is 50.3. The molecule has 0 fully saturated rings. The van der Waals surface area contributed by atoms with Crippen molar-refractivity contribution in [2.24, 2.45) is 4.99 Å². The number of esters is 1. The molecule has 440 valence electrons. The molecule has 0 aliphatic rings. The lowest BCUT2D eigenvalue weighted by Crippen LogP contribution is -2.08. The summed E-state index contributed by atoms with van der Waals surface area (Å²) in [5.41, 5.74) is 12.9. The fourth-order valence-electron chi connectivity index (χ4n) is 4.47. The number of benzene rings is 4. The lowest BCUT2D eigenvalue weighted by atomic mass is 10.1. The number of isocyanates is 1. The first-order valence-electron chi connectivity index (χ1n) is 24.6. The number of carbonyl (C=O) groups is 3. The standard InChI is InChI=1S/C11H16N2O3.C9H6N2O2.2C9H12.C6H10O2.C4H10O2.C4H6O2.C2H6O3.2C2H6.CH4O/c1-8-6-10(13-9(2)14)4-5-11(8)12-7-16-15-3;1-7-4-8(13-5-10)2-3-9(7)11-6-12;2*1-7-4-5-8(2)9(3)6-7;1-4-8-6(7)5(2)3;1-5-3-4-6-2;1-3(2)4(5)6;3-1-2-5-4;3*1-2/h4-6,12H,7H2,1-3H3,(H,13,14);2-4H,1H3;2*4-6H,1-3H3;2,4H2,1,3H3;3-4H2,1-2H3;1H2,2H3,(H,5,6);3-4H,1-2H2;2*1-2H3;2H,1H3. The number of carboxylic acid groups (broad SMARTS) is 1. The summed E-state index contributed by atoms with van der Waals surface area (Å²) >= 11 is 0. The van der Waals surface area contributed by atoms with Crippen LogP contribution in [0.25, 0.3) is 0 Å². The minimum Gasteiger partial charge on any atom is -0.478 e. The number of hydrogen-bond donors (Lipinski definition) is 6. The number of aliphatic hydroxyl groups excluding tert-OH is 2. The van der Waals surface area contributed by atoms with Gasteiger partial charge in [0.15, 0.2) is 6.73 Å². The second kappa shape index (κ2) is 60.8. The summed E-state index contributed by atoms with van der Waals surface area (Å²) in [6.07, 6.45) is 3.00. The monoisotopic (exact) mass is 1100 g/mol. The number of methoxy groups -OCH3 is 2. The van der Waals surface area contributed by atoms with Crippen LogP contribution in [-0.2, 0) is 48.1 Å². The fourth-order valence-corrected chi connectivity index (χ4v) is 4.47. The van der Waals surface area contributed by atoms with Crippen molar-refractivity contribution >= 4 is 41.0 Å². The van der Waals surface area contributed by atoms with E-state index in [1.54, 1.807) is 59.4 Å². The Balaban J connectivity index is -0.000000149. The molecule has 19 nitrogen and oxygen atoms in total. The van der Waals surface area contributed by atoms with Crippen LogP contribution in [0.15, 0.2) is 102 Å². The van der Waals surface area contributed by atoms with Crippen molar-refractivity contribution in [2.75, 3.05) is 78.8 Å². The molecule has 0 bridgehead atoms. The molecular weight excluding hydrogens is 1000 g/mol. The Hall–Kier alpha value is -7.08. The number of amides is 1. The Morgan fingerprint density at radius 1 is 0.679 bits per heavy atom. The first-order valence-corrected chi connectivity index (χ1v) is 24.6. The third-order valence-electron chi connectivity index (χ3n) is 8.47. The highest BCUT2D eigenvalue weighted by molar-refractivity contribution is 5.89. The Morgan fingerprint density at radius 2 is 1.17 bits per heavy atom. The summed E-state index contributed by atoms with van der Waals surface area (Å²) in [6.45, 7) is 39.3. The molecule has 0 saturated carbocycles. The van der Waals surface area contributed by atoms with Gasteiger partial charge in [-0.25, -0.2) is 29.0 Å². The highest BCUT2D eigenvalue weighted by Gasteiger charge is 2.02. The molecule has 0 spiro atoms. The van der Waals surface area contributed by atoms with E-state index in [0.29, 0.717) is 36.8 Å². The first kappa shape index (κ1) is 84.9. The minimum absolute atomic E-state index is 0. The molecule has 4 rings (SSSR count). The van der Waals surface area contributed by atoms with Crippen LogP contribution in [0.3, 0.4) is 0 Å². The number of ether oxygens (including phenoxy) is 4. The maximum atomic E-state index is 10.9. The molecule has 0 aromatic heterocycles. The van der Waals surface area contributed by atoms with Crippen LogP contribution in [0.4, 0.5) is 17.1 Å². The summed E-state index contributed by atoms with van der Waals surface area (Å²) in [5, 5.41) is 44.1. The molecule has 0 saturated heterocycles. The number of aliphatic carboxylic acids is 1. The summed E-state index contributed by atoms with van der Waals surface area (Å²) in [6, 6.07) is 23.4. The third kappa shape index (κ3) is 55.2. The van der Waals surface area contributed by atoms with Gasteiger partial charge in [0.05, 0.1) is 39.2 Å². The quantitative estimate of drug-likeness (QED) is 0.00743. The van der Waals surface area contributed by atoms with Gasteiger partial charge in [-0.05, 0) is 146 Å². The highest BCUT2D eigenvalue weighted by Crippen LogP contribution is 2.23. The van der Waals surface area contributed by atoms with Crippen molar-refractivity contribution in [1.82, 2.24) is 0 Å². The number of aliphatic imine (C=N–C) groups is 1. The Labute approximate surface area is 466 Å². The van der Waals surface area contributed by atoms with E-state index in [1.807, 2.05) is 52.8 Å². The van der Waals surface area contributed by atoms with Gasteiger partial charge in [-0.3, -0.25) is 10.1 Å². The van der Waals surface area contributed by atoms with E-state index in [0.717, 1.165) is 29.6 Å². The summed E-state index contributed by atoms with van der Waals surface area (Å²) in [4.78, 5) is 56.9. The van der Waals surface area contributed by atoms with Gasteiger partial charge >= 0.3 is 11.9 Å². The fraction of sp³-hybridized carbons (Fsp3) is 0.441. The van der Waals surface area contributed by atoms with Gasteiger partial charge in [-0.2, -0.15) is 4.99 Å². The third-order valence-corrected chi connectivity index (χ3v) is 8.47. The van der Waals surface area contributed by atoms with Gasteiger partial charge in [-0.15, -0.1) is 5.26 Å². The van der Waals surface area contributed by atoms with Crippen molar-refractivity contribution in [3.8, 4) is 12.0 Å². The van der Waals surface area contributed by atoms with E-state index in [1.165, 1.54) is 60.4 Å². The summed E-state index contributed by atoms with van der Waals surface area (Å²) in [7, 11) is 5.76. The number of aliphatic hydroxyl groups is 2. The molecule has 0 unspecified atom stereocenters. The van der Waals surface area contributed by atoms with Gasteiger partial charge in [0, 0.05) is 50.8 Å². The van der Waals surface area contributed by atoms with Crippen LogP contribution in [0.1, 0.15) is 99.9 Å². The molecule has 78 heavy (non-hydrogen) atoms. The molecule has 0 heterocycles. The zero-order chi connectivity index (χ0) is 62.0. The predicted octanol–water partition coefficient (Wildman–Crippen LogP) is 12.1. The normalized spacial score (nSPS) is 8.54. The average molecular weight is 1100 g/mol. The van der Waals surface area contributed by atoms with E-state index in [2.05, 4.69) is 135 Å². The van der Waals surface area contributed by atoms with Crippen molar-refractivity contribution in [3.05, 3.63) is 142 Å². The van der Waals surface area contributed by atoms with Crippen LogP contribution in [-0.4, -0.2) is 113 Å². The molecule has 6 N–H and O–H groups in total. The SMILES string of the molecule is C=C(C)C(=O)O.C=C(C)C(=O)OCC.CC.CC.CO.COCCOC.COOCNc1ccc(NC(C)=O)cc1C.Cc1cc(OC#N)ccc1N=C=O.Cc1ccc(C)c(C)c1.Cc1ccc(C)c(C)c1.OCCOO. The molecule has 19 heteroatoms. The van der Waals surface area contributed by atoms with Crippen LogP contribution < -0.4 is 15.4 Å². The number of anilines is 2. The van der Waals surface area contributed by atoms with Gasteiger partial charge < -0.3 is 44.9 Å². The van der Waals surface area contributed by atoms with Crippen molar-refractivity contribution in [1.29, 1.82) is 5.26 Å². The highest BCUT2D eigenvalue weighted by atomic mass is 17.2. The number of carboxylic acids is 1. The van der Waals surface area contributed by atoms with E-state index in [-0.39, 0.29) is 37.4 Å². The zero-order valence-corrected chi connectivity index (χ0v) is 50.3. The van der Waals surface area contributed by atoms with Gasteiger partial charge in [-0.1, -0.05) is 88.4 Å². The number of nitrogens with zero attached hydrogens (tertiary/aromatic N) is 2. The molecule has 4 aromatic carbocycles. The lowest BCUT2D eigenvalue weighted by Gasteiger charge is -2.10. The minimum atomic E-state index is -0.935. The van der Waals surface area contributed by atoms with Crippen LogP contribution in [0, 0.1) is 66.9 Å². The second-order valence-corrected chi connectivity index (χ2v) is 15.0. The van der Waals surface area contributed by atoms with Gasteiger partial charge in [0.25, 0.3) is 6.26 Å². The smallest absolute Gasteiger partial charge is 0.333 e. The van der Waals surface area contributed by atoms with E-state index in [4.69, 9.17) is 30.7 Å². The van der Waals surface area contributed by atoms with Gasteiger partial charge in [0.1, 0.15) is 12.4 Å². The van der Waals surface area contributed by atoms with Gasteiger partial charge in [0.2, 0.25) is 12.0 Å². The Kier molecular flexibility index (Phi) is 66.1. The second-order valence-electron chi connectivity index (χ2n) is 15.0. The average Bonchev–Trinajstić information content (AvgIpc) is 3.40. The maximum Gasteiger partial charge on any atom is 0.333 e. The van der Waals surface area contributed by atoms with Crippen LogP contribution in [0.5, 0.6) is 5.75 Å². The lowest BCUT2D eigenvalue weighted by molar-refractivity contribution is -0.266. The first-order chi connectivity index (χ1) is 37.0. The predicted molar refractivity (Wildman–Crippen MR) is 313 cm³/mol. The molecule has 0 aliphatic carbocycles. The number of rotatable bonds is 15. The Bertz CT molecular complexity index is 2210. The molecular formula is C59H94N4O15. The topological polar surface area (TPSA) is 274 Å². The number of hydrogen-bond acceptors (Lipinski definition) is 17. The largest absolute Gasteiger partial charge is 0.478 e. The summed E-state index contributed by atoms with van der Waals surface area (Å²) in [5.74, 6) is -0.893. The Morgan fingerprint density at radius 3 is 1.45 bits per heavy atom. The van der Waals surface area contributed by atoms with E-state index < -0.39 is 5.97 Å². The number of carbonyl (C=O) groups excluding carboxylic acids is 3. The molecule has 0 aliphatic heterocycles. The van der Waals surface area contributed by atoms with Crippen LogP contribution in [0.2, 0.25) is 0 Å². The molecule has 1 amide bonds. The maximum absolute atomic E-state index is 10.9. The number of aryl methyl sites for hydroxylation is 8. The van der Waals surface area contributed by atoms with Crippen molar-refractivity contribution < 1.29 is 73.4 Å². The van der Waals surface area contributed by atoms with Crippen molar-refractivity contribution in [3.63, 3.8) is 0 Å². The van der Waals surface area contributed by atoms with E-state index >= 15 is 0 Å². The number of nitriles is 1. The molecule has 0 atom stereocenters. The summed E-state index contributed by atoms with van der Waals surface area (Å²) < 4.78 is 18.5. The molecule has 4 aromatic rings. The number of nitrogens with one attached hydrogen (secondary N) is 2. The van der Waals surface area contributed by atoms with Crippen molar-refractivity contribution in [2.45, 2.75) is 111 Å².